The number of carbonyl (C=O) groups excluding carboxylic acids is 2. The summed E-state index contributed by atoms with van der Waals surface area (Å²) in [5.41, 5.74) is 1.33. The summed E-state index contributed by atoms with van der Waals surface area (Å²) in [6, 6.07) is 12.1. The van der Waals surface area contributed by atoms with Crippen molar-refractivity contribution in [3.63, 3.8) is 0 Å². The van der Waals surface area contributed by atoms with Crippen molar-refractivity contribution in [1.29, 1.82) is 0 Å². The molecule has 1 N–H and O–H groups in total. The Morgan fingerprint density at radius 1 is 1.00 bits per heavy atom. The van der Waals surface area contributed by atoms with Crippen LogP contribution in [0.5, 0.6) is 0 Å². The Bertz CT molecular complexity index is 1100. The Hall–Kier alpha value is -2.87. The molecule has 0 radical (unpaired) electrons. The van der Waals surface area contributed by atoms with Crippen LogP contribution in [0.1, 0.15) is 65.6 Å². The van der Waals surface area contributed by atoms with Crippen LogP contribution in [0, 0.1) is 5.41 Å². The predicted octanol–water partition coefficient (Wildman–Crippen LogP) is 5.04. The number of nitrogens with zero attached hydrogens (tertiary/aromatic N) is 1. The van der Waals surface area contributed by atoms with Crippen molar-refractivity contribution in [1.82, 2.24) is 10.2 Å². The van der Waals surface area contributed by atoms with Crippen LogP contribution in [0.25, 0.3) is 0 Å². The Morgan fingerprint density at radius 3 is 2.20 bits per heavy atom. The molecule has 1 saturated heterocycles. The van der Waals surface area contributed by atoms with Gasteiger partial charge in [0.15, 0.2) is 0 Å². The molecule has 5 nitrogen and oxygen atoms in total. The minimum absolute atomic E-state index is 0.0302. The fourth-order valence-corrected chi connectivity index (χ4v) is 5.26. The molecular weight excluding hydrogens is 457 g/mol. The van der Waals surface area contributed by atoms with E-state index in [2.05, 4.69) is 10.2 Å². The van der Waals surface area contributed by atoms with Gasteiger partial charge >= 0.3 is 12.1 Å². The number of rotatable bonds is 6. The van der Waals surface area contributed by atoms with Crippen molar-refractivity contribution in [3.05, 3.63) is 70.8 Å². The Balaban J connectivity index is 1.30. The third-order valence-corrected chi connectivity index (χ3v) is 7.89. The highest BCUT2D eigenvalue weighted by Gasteiger charge is 2.52. The van der Waals surface area contributed by atoms with Crippen LogP contribution < -0.4 is 5.32 Å². The zero-order valence-electron chi connectivity index (χ0n) is 19.7. The van der Waals surface area contributed by atoms with Gasteiger partial charge in [-0.1, -0.05) is 24.3 Å². The summed E-state index contributed by atoms with van der Waals surface area (Å²) in [4.78, 5) is 27.4. The Kier molecular flexibility index (Phi) is 5.90. The van der Waals surface area contributed by atoms with Crippen LogP contribution in [0.3, 0.4) is 0 Å². The minimum atomic E-state index is -4.36. The van der Waals surface area contributed by atoms with Gasteiger partial charge in [0.2, 0.25) is 5.91 Å². The molecule has 2 saturated carbocycles. The summed E-state index contributed by atoms with van der Waals surface area (Å²) in [5, 5.41) is 3.28. The second kappa shape index (κ2) is 8.66. The number of piperidine rings is 1. The van der Waals surface area contributed by atoms with Gasteiger partial charge in [0.25, 0.3) is 0 Å². The number of likely N-dealkylation sites (tertiary alicyclic amines) is 1. The van der Waals surface area contributed by atoms with E-state index >= 15 is 0 Å². The van der Waals surface area contributed by atoms with Crippen molar-refractivity contribution in [2.24, 2.45) is 5.41 Å². The van der Waals surface area contributed by atoms with Gasteiger partial charge in [-0.25, -0.2) is 4.79 Å². The van der Waals surface area contributed by atoms with E-state index < -0.39 is 23.2 Å². The highest BCUT2D eigenvalue weighted by atomic mass is 19.4. The van der Waals surface area contributed by atoms with E-state index in [9.17, 15) is 22.8 Å². The third-order valence-electron chi connectivity index (χ3n) is 7.89. The second-order valence-corrected chi connectivity index (χ2v) is 10.3. The molecule has 35 heavy (non-hydrogen) atoms. The summed E-state index contributed by atoms with van der Waals surface area (Å²) in [6.45, 7) is 1.19. The number of methoxy groups -OCH3 is 1. The molecule has 1 unspecified atom stereocenters. The smallest absolute Gasteiger partial charge is 0.416 e. The Labute approximate surface area is 202 Å². The molecule has 5 rings (SSSR count). The van der Waals surface area contributed by atoms with Crippen molar-refractivity contribution < 1.29 is 27.5 Å². The Morgan fingerprint density at radius 2 is 1.66 bits per heavy atom. The predicted molar refractivity (Wildman–Crippen MR) is 123 cm³/mol. The van der Waals surface area contributed by atoms with Gasteiger partial charge < -0.3 is 10.1 Å². The number of halogens is 3. The molecular formula is C27H29F3N2O3. The van der Waals surface area contributed by atoms with E-state index in [4.69, 9.17) is 4.74 Å². The zero-order chi connectivity index (χ0) is 24.8. The number of benzene rings is 2. The SMILES string of the molecule is COC(=O)c1ccc(C2(NC(=O)C3CC4(CCN3Cc3ccc(C(F)(F)F)cc3)CC4)CC2)cc1. The summed E-state index contributed by atoms with van der Waals surface area (Å²) in [6.07, 6.45) is 1.34. The quantitative estimate of drug-likeness (QED) is 0.581. The molecule has 3 aliphatic rings. The first kappa shape index (κ1) is 23.9. The van der Waals surface area contributed by atoms with E-state index in [1.165, 1.54) is 19.2 Å². The minimum Gasteiger partial charge on any atom is -0.465 e. The molecule has 2 aromatic rings. The molecule has 1 spiro atoms. The number of carbonyl (C=O) groups is 2. The third kappa shape index (κ3) is 4.94. The maximum Gasteiger partial charge on any atom is 0.416 e. The number of alkyl halides is 3. The lowest BCUT2D eigenvalue weighted by Crippen LogP contribution is -2.53. The van der Waals surface area contributed by atoms with E-state index in [0.717, 1.165) is 68.3 Å². The lowest BCUT2D eigenvalue weighted by Gasteiger charge is -2.39. The average molecular weight is 487 g/mol. The van der Waals surface area contributed by atoms with Crippen LogP contribution in [0.15, 0.2) is 48.5 Å². The largest absolute Gasteiger partial charge is 0.465 e. The summed E-state index contributed by atoms with van der Waals surface area (Å²) in [7, 11) is 1.34. The van der Waals surface area contributed by atoms with E-state index in [0.29, 0.717) is 12.1 Å². The van der Waals surface area contributed by atoms with Crippen molar-refractivity contribution in [2.75, 3.05) is 13.7 Å². The highest BCUT2D eigenvalue weighted by Crippen LogP contribution is 2.55. The van der Waals surface area contributed by atoms with Crippen LogP contribution in [0.4, 0.5) is 13.2 Å². The lowest BCUT2D eigenvalue weighted by atomic mass is 9.86. The summed E-state index contributed by atoms with van der Waals surface area (Å²) < 4.78 is 43.6. The first-order valence-corrected chi connectivity index (χ1v) is 12.0. The molecule has 2 aromatic carbocycles. The van der Waals surface area contributed by atoms with Crippen molar-refractivity contribution >= 4 is 11.9 Å². The molecule has 1 amide bonds. The fourth-order valence-electron chi connectivity index (χ4n) is 5.26. The van der Waals surface area contributed by atoms with E-state index in [-0.39, 0.29) is 17.4 Å². The highest BCUT2D eigenvalue weighted by molar-refractivity contribution is 5.89. The molecule has 0 bridgehead atoms. The molecule has 8 heteroatoms. The number of amides is 1. The monoisotopic (exact) mass is 486 g/mol. The van der Waals surface area contributed by atoms with Gasteiger partial charge in [-0.3, -0.25) is 9.69 Å². The molecule has 2 aliphatic carbocycles. The normalized spacial score (nSPS) is 22.5. The van der Waals surface area contributed by atoms with Gasteiger partial charge in [-0.05, 0) is 85.9 Å². The number of nitrogens with one attached hydrogen (secondary N) is 1. The average Bonchev–Trinajstić information content (AvgIpc) is 3.78. The van der Waals surface area contributed by atoms with Gasteiger partial charge in [0.05, 0.1) is 29.8 Å². The van der Waals surface area contributed by atoms with Gasteiger partial charge in [0, 0.05) is 6.54 Å². The van der Waals surface area contributed by atoms with Crippen LogP contribution in [-0.4, -0.2) is 36.5 Å². The zero-order valence-corrected chi connectivity index (χ0v) is 19.7. The summed E-state index contributed by atoms with van der Waals surface area (Å²) in [5.74, 6) is -0.432. The lowest BCUT2D eigenvalue weighted by molar-refractivity contribution is -0.137. The summed E-state index contributed by atoms with van der Waals surface area (Å²) >= 11 is 0. The number of ether oxygens (including phenoxy) is 1. The number of hydrogen-bond donors (Lipinski definition) is 1. The van der Waals surface area contributed by atoms with E-state index in [1.54, 1.807) is 12.1 Å². The van der Waals surface area contributed by atoms with Gasteiger partial charge in [0.1, 0.15) is 0 Å². The molecule has 1 atom stereocenters. The van der Waals surface area contributed by atoms with Crippen LogP contribution in [0.2, 0.25) is 0 Å². The first-order valence-electron chi connectivity index (χ1n) is 12.0. The number of esters is 1. The fraction of sp³-hybridized carbons (Fsp3) is 0.481. The first-order chi connectivity index (χ1) is 16.6. The second-order valence-electron chi connectivity index (χ2n) is 10.3. The molecule has 3 fully saturated rings. The maximum absolute atomic E-state index is 13.6. The molecule has 1 heterocycles. The molecule has 186 valence electrons. The molecule has 0 aromatic heterocycles. The van der Waals surface area contributed by atoms with E-state index in [1.807, 2.05) is 12.1 Å². The van der Waals surface area contributed by atoms with Gasteiger partial charge in [-0.2, -0.15) is 13.2 Å². The maximum atomic E-state index is 13.6. The van der Waals surface area contributed by atoms with Gasteiger partial charge in [-0.15, -0.1) is 0 Å². The molecule has 1 aliphatic heterocycles. The standard InChI is InChI=1S/C27H29F3N2O3/c1-35-24(34)19-4-8-20(9-5-19)26(12-13-26)31-23(33)22-16-25(10-11-25)14-15-32(22)17-18-2-6-21(7-3-18)27(28,29)30/h2-9,22H,10-17H2,1H3,(H,31,33). The number of hydrogen-bond acceptors (Lipinski definition) is 4. The van der Waals surface area contributed by atoms with Crippen molar-refractivity contribution in [3.8, 4) is 0 Å². The van der Waals surface area contributed by atoms with Crippen LogP contribution >= 0.6 is 0 Å². The van der Waals surface area contributed by atoms with Crippen molar-refractivity contribution in [2.45, 2.75) is 62.8 Å². The van der Waals surface area contributed by atoms with Crippen LogP contribution in [-0.2, 0) is 27.8 Å². The topological polar surface area (TPSA) is 58.6 Å².